The van der Waals surface area contributed by atoms with Gasteiger partial charge in [0.25, 0.3) is 0 Å². The molecule has 0 heterocycles. The van der Waals surface area contributed by atoms with Gasteiger partial charge in [-0.05, 0) is 0 Å². The number of hydrogen-bond acceptors (Lipinski definition) is 1. The van der Waals surface area contributed by atoms with E-state index in [0.29, 0.717) is 0 Å². The second kappa shape index (κ2) is 33.9. The third-order valence-electron chi connectivity index (χ3n) is 0. The van der Waals surface area contributed by atoms with E-state index in [1.165, 1.54) is 0 Å². The topological polar surface area (TPSA) is 20.2 Å². The van der Waals surface area contributed by atoms with E-state index in [1.807, 2.05) is 0 Å². The summed E-state index contributed by atoms with van der Waals surface area (Å²) in [4.78, 5) is 0. The molecular weight excluding hydrogens is 135 g/mol. The first-order chi connectivity index (χ1) is 1.00. The molecule has 0 aromatic carbocycles. The maximum Gasteiger partial charge on any atom is 0 e. The minimum atomic E-state index is 0. The van der Waals surface area contributed by atoms with Crippen LogP contribution < -0.4 is 0 Å². The van der Waals surface area contributed by atoms with Gasteiger partial charge in [0.1, 0.15) is 0 Å². The summed E-state index contributed by atoms with van der Waals surface area (Å²) in [6.07, 6.45) is 0. The van der Waals surface area contributed by atoms with Crippen LogP contribution in [0, 0.1) is 0 Å². The van der Waals surface area contributed by atoms with E-state index in [9.17, 15) is 0 Å². The van der Waals surface area contributed by atoms with Gasteiger partial charge in [-0.15, -0.1) is 0 Å². The van der Waals surface area contributed by atoms with Crippen molar-refractivity contribution in [3.8, 4) is 0 Å². The average molecular weight is 136 g/mol. The molecule has 0 amide bonds. The van der Waals surface area contributed by atoms with Crippen molar-refractivity contribution in [1.29, 1.82) is 0 Å². The maximum atomic E-state index is 8.50. The first-order valence-electron chi connectivity index (χ1n) is 0.169. The largest absolute Gasteiger partial charge is 0.209 e. The summed E-state index contributed by atoms with van der Waals surface area (Å²) >= 11 is 0. The molecule has 0 saturated heterocycles. The summed E-state index contributed by atoms with van der Waals surface area (Å²) in [5, 5.41) is 5.50. The van der Waals surface area contributed by atoms with Gasteiger partial charge >= 0.3 is 0 Å². The smallest absolute Gasteiger partial charge is 0 e. The Morgan fingerprint density at radius 2 is 1.25 bits per heavy atom. The molecule has 0 aromatic heterocycles. The van der Waals surface area contributed by atoms with Gasteiger partial charge < -0.3 is 0 Å². The number of rotatable bonds is 0. The minimum Gasteiger partial charge on any atom is -0.209 e. The Labute approximate surface area is 50.9 Å². The zero-order chi connectivity index (χ0) is 2.00. The predicted molar refractivity (Wildman–Crippen MR) is 9.08 cm³/mol. The fourth-order valence-corrected chi connectivity index (χ4v) is 0. The molecule has 20 valence electrons. The van der Waals surface area contributed by atoms with Crippen LogP contribution in [-0.4, -0.2) is 13.7 Å². The average Bonchev–Trinajstić information content (AvgIpc) is 1.00. The Bertz CT molecular complexity index is 8.00. The molecule has 0 aliphatic carbocycles. The van der Waals surface area contributed by atoms with Gasteiger partial charge in [0.15, 0.2) is 0 Å². The van der Waals surface area contributed by atoms with E-state index < -0.39 is 0 Å². The Morgan fingerprint density at radius 1 is 1.25 bits per heavy atom. The first-order valence-corrected chi connectivity index (χ1v) is 0.169. The van der Waals surface area contributed by atoms with Crippen LogP contribution in [-0.2, 0) is 32.7 Å². The minimum absolute atomic E-state index is 0. The van der Waals surface area contributed by atoms with Crippen LogP contribution in [0.5, 0.6) is 0 Å². The van der Waals surface area contributed by atoms with Crippen LogP contribution >= 0.6 is 0 Å². The van der Waals surface area contributed by atoms with Crippen molar-refractivity contribution < 1.29 is 42.5 Å². The van der Waals surface area contributed by atoms with Gasteiger partial charge in [0, 0.05) is 41.1 Å². The van der Waals surface area contributed by atoms with Crippen LogP contribution in [0.1, 0.15) is 0 Å². The first kappa shape index (κ1) is 19.7. The van der Waals surface area contributed by atoms with E-state index in [2.05, 4.69) is 0 Å². The Kier molecular flexibility index (Phi) is 166. The summed E-state index contributed by atoms with van der Waals surface area (Å²) in [5.41, 5.74) is 0. The van der Waals surface area contributed by atoms with Gasteiger partial charge in [0.2, 0.25) is 0 Å². The van der Waals surface area contributed by atoms with Gasteiger partial charge in [-0.1, -0.05) is 4.53 Å². The van der Waals surface area contributed by atoms with Crippen LogP contribution in [0.2, 0.25) is 0 Å². The molecular formula is HBFOY. The summed E-state index contributed by atoms with van der Waals surface area (Å²) in [6.45, 7) is 0. The molecule has 0 atom stereocenters. The number of halogens is 1. The van der Waals surface area contributed by atoms with E-state index in [-0.39, 0.29) is 41.1 Å². The van der Waals surface area contributed by atoms with Crippen molar-refractivity contribution >= 4 is 8.41 Å². The van der Waals surface area contributed by atoms with Crippen molar-refractivity contribution in [3.63, 3.8) is 0 Å². The van der Waals surface area contributed by atoms with Crippen LogP contribution in [0.3, 0.4) is 0 Å². The fourth-order valence-electron chi connectivity index (χ4n) is 0. The molecule has 0 bridgehead atoms. The quantitative estimate of drug-likeness (QED) is 0.444. The molecule has 0 aliphatic rings. The molecule has 0 spiro atoms. The Morgan fingerprint density at radius 3 is 1.25 bits per heavy atom. The molecule has 0 rings (SSSR count). The maximum absolute atomic E-state index is 8.50. The molecule has 4 heavy (non-hydrogen) atoms. The summed E-state index contributed by atoms with van der Waals surface area (Å²) in [6, 6.07) is 0. The van der Waals surface area contributed by atoms with E-state index in [1.54, 1.807) is 0 Å². The summed E-state index contributed by atoms with van der Waals surface area (Å²) < 4.78 is 8.50. The van der Waals surface area contributed by atoms with Crippen molar-refractivity contribution in [3.05, 3.63) is 0 Å². The van der Waals surface area contributed by atoms with E-state index in [4.69, 9.17) is 9.84 Å². The van der Waals surface area contributed by atoms with Crippen molar-refractivity contribution in [1.82, 2.24) is 0 Å². The molecule has 4 radical (unpaired) electrons. The van der Waals surface area contributed by atoms with Crippen LogP contribution in [0.15, 0.2) is 0 Å². The Hall–Kier alpha value is 1.06. The van der Waals surface area contributed by atoms with Gasteiger partial charge in [-0.2, -0.15) is 0 Å². The van der Waals surface area contributed by atoms with Crippen molar-refractivity contribution in [2.75, 3.05) is 0 Å². The van der Waals surface area contributed by atoms with Gasteiger partial charge in [0.05, 0.1) is 0 Å². The molecule has 0 unspecified atom stereocenters. The predicted octanol–water partition coefficient (Wildman–Crippen LogP) is -0.520. The molecule has 0 fully saturated rings. The second-order valence-corrected chi connectivity index (χ2v) is 0. The second-order valence-electron chi connectivity index (χ2n) is 0. The monoisotopic (exact) mass is 136 g/mol. The Balaban J connectivity index is -0.00000000500. The van der Waals surface area contributed by atoms with Gasteiger partial charge in [-0.3, -0.25) is 0 Å². The van der Waals surface area contributed by atoms with Crippen LogP contribution in [0.4, 0.5) is 4.53 Å². The molecule has 0 saturated carbocycles. The summed E-state index contributed by atoms with van der Waals surface area (Å²) in [5.74, 6) is 0. The standard InChI is InChI=1S/B.FHO.Y/c;1-2;/h;2H;. The van der Waals surface area contributed by atoms with E-state index in [0.717, 1.165) is 0 Å². The normalized spacial score (nSPS) is 1.50. The summed E-state index contributed by atoms with van der Waals surface area (Å²) in [7, 11) is 0. The third kappa shape index (κ3) is 11.6. The van der Waals surface area contributed by atoms with Crippen LogP contribution in [0.25, 0.3) is 0 Å². The SMILES string of the molecule is OF.[B].[Y]. The molecule has 0 aromatic rings. The fraction of sp³-hybridized carbons (Fsp3) is 0. The molecule has 4 heteroatoms. The molecule has 0 aliphatic heterocycles. The zero-order valence-corrected chi connectivity index (χ0v) is 4.82. The third-order valence-corrected chi connectivity index (χ3v) is 0. The number of hydrogen-bond donors (Lipinski definition) is 1. The van der Waals surface area contributed by atoms with Crippen molar-refractivity contribution in [2.45, 2.75) is 0 Å². The zero-order valence-electron chi connectivity index (χ0n) is 1.98. The molecule has 1 N–H and O–H groups in total. The molecule has 1 nitrogen and oxygen atoms in total. The van der Waals surface area contributed by atoms with Crippen molar-refractivity contribution in [2.24, 2.45) is 0 Å². The van der Waals surface area contributed by atoms with Gasteiger partial charge in [-0.25, -0.2) is 5.31 Å². The van der Waals surface area contributed by atoms with E-state index >= 15 is 0 Å².